The maximum atomic E-state index is 12.8. The molecule has 3 aromatic heterocycles. The molecule has 0 saturated carbocycles. The molecule has 3 rings (SSSR count). The lowest BCUT2D eigenvalue weighted by Crippen LogP contribution is -2.38. The number of pyridine rings is 1. The van der Waals surface area contributed by atoms with Gasteiger partial charge in [0.15, 0.2) is 11.5 Å². The lowest BCUT2D eigenvalue weighted by molar-refractivity contribution is -0.146. The molecule has 0 amide bonds. The topological polar surface area (TPSA) is 145 Å². The van der Waals surface area contributed by atoms with Gasteiger partial charge in [-0.05, 0) is 32.9 Å². The number of fused-ring (bicyclic) bond motifs is 1. The second-order valence-corrected chi connectivity index (χ2v) is 15.3. The molecular weight excluding hydrogens is 444 g/mol. The summed E-state index contributed by atoms with van der Waals surface area (Å²) in [6.07, 6.45) is 0. The van der Waals surface area contributed by atoms with Crippen molar-refractivity contribution < 1.29 is 14.3 Å². The van der Waals surface area contributed by atoms with Crippen LogP contribution in [0.3, 0.4) is 0 Å². The molecule has 0 saturated heterocycles. The van der Waals surface area contributed by atoms with E-state index in [9.17, 15) is 14.4 Å². The second kappa shape index (κ2) is 9.02. The smallest absolute Gasteiger partial charge is 0.317 e. The number of carbonyl (C=O) groups excluding carboxylic acids is 1. The van der Waals surface area contributed by atoms with Gasteiger partial charge in [0.2, 0.25) is 0 Å². The maximum absolute atomic E-state index is 12.8. The van der Waals surface area contributed by atoms with Crippen LogP contribution in [0, 0.1) is 6.92 Å². The van der Waals surface area contributed by atoms with Crippen LogP contribution in [0.1, 0.15) is 25.2 Å². The zero-order valence-corrected chi connectivity index (χ0v) is 21.0. The third kappa shape index (κ3) is 5.11. The van der Waals surface area contributed by atoms with E-state index in [2.05, 4.69) is 44.9 Å². The van der Waals surface area contributed by atoms with E-state index in [1.54, 1.807) is 17.7 Å². The second-order valence-electron chi connectivity index (χ2n) is 9.69. The number of hydrogen-bond acceptors (Lipinski definition) is 8. The van der Waals surface area contributed by atoms with Gasteiger partial charge in [-0.3, -0.25) is 19.5 Å². The number of aromatic nitrogens is 6. The average Bonchev–Trinajstić information content (AvgIpc) is 3.04. The van der Waals surface area contributed by atoms with E-state index in [1.807, 2.05) is 0 Å². The molecule has 0 unspecified atom stereocenters. The molecule has 11 nitrogen and oxygen atoms in total. The zero-order chi connectivity index (χ0) is 24.6. The SMILES string of the molecule is COC(=O)C(C)(C)c1nnc(-c2cc(C)nc3c2c(=O)[nH]n3COCC[Si](C)(C)C)[nH]c1=O. The summed E-state index contributed by atoms with van der Waals surface area (Å²) >= 11 is 0. The lowest BCUT2D eigenvalue weighted by Gasteiger charge is -2.19. The summed E-state index contributed by atoms with van der Waals surface area (Å²) in [6, 6.07) is 2.65. The Morgan fingerprint density at radius 1 is 1.18 bits per heavy atom. The number of esters is 1. The van der Waals surface area contributed by atoms with Gasteiger partial charge in [0.1, 0.15) is 17.8 Å². The van der Waals surface area contributed by atoms with Gasteiger partial charge in [-0.2, -0.15) is 0 Å². The van der Waals surface area contributed by atoms with Gasteiger partial charge in [0.25, 0.3) is 11.1 Å². The van der Waals surface area contributed by atoms with Crippen LogP contribution in [-0.2, 0) is 26.4 Å². The van der Waals surface area contributed by atoms with Crippen molar-refractivity contribution in [3.63, 3.8) is 0 Å². The molecule has 178 valence electrons. The Morgan fingerprint density at radius 2 is 1.88 bits per heavy atom. The highest BCUT2D eigenvalue weighted by atomic mass is 28.3. The Hall–Kier alpha value is -3.12. The lowest BCUT2D eigenvalue weighted by atomic mass is 9.90. The van der Waals surface area contributed by atoms with E-state index < -0.39 is 25.0 Å². The summed E-state index contributed by atoms with van der Waals surface area (Å²) in [5.74, 6) is -0.511. The number of rotatable bonds is 8. The largest absolute Gasteiger partial charge is 0.468 e. The van der Waals surface area contributed by atoms with Crippen LogP contribution in [0.4, 0.5) is 0 Å². The molecule has 2 N–H and O–H groups in total. The first-order valence-electron chi connectivity index (χ1n) is 10.6. The fourth-order valence-corrected chi connectivity index (χ4v) is 4.10. The van der Waals surface area contributed by atoms with Crippen molar-refractivity contribution >= 4 is 25.1 Å². The normalized spacial score (nSPS) is 12.3. The molecule has 3 heterocycles. The Morgan fingerprint density at radius 3 is 2.48 bits per heavy atom. The first-order chi connectivity index (χ1) is 15.3. The predicted octanol–water partition coefficient (Wildman–Crippen LogP) is 1.94. The molecule has 0 radical (unpaired) electrons. The van der Waals surface area contributed by atoms with E-state index >= 15 is 0 Å². The minimum Gasteiger partial charge on any atom is -0.468 e. The van der Waals surface area contributed by atoms with Crippen LogP contribution < -0.4 is 11.1 Å². The molecule has 3 aromatic rings. The van der Waals surface area contributed by atoms with Crippen molar-refractivity contribution in [2.24, 2.45) is 0 Å². The molecule has 0 aliphatic rings. The number of ether oxygens (including phenoxy) is 2. The third-order valence-electron chi connectivity index (χ3n) is 5.30. The number of H-pyrrole nitrogens is 2. The number of methoxy groups -OCH3 is 1. The average molecular weight is 475 g/mol. The van der Waals surface area contributed by atoms with Crippen molar-refractivity contribution in [2.75, 3.05) is 13.7 Å². The van der Waals surface area contributed by atoms with Crippen molar-refractivity contribution in [1.29, 1.82) is 0 Å². The standard InChI is InChI=1S/C21H30N6O5Si/c1-12-10-13(16-23-19(29)15(24-25-16)21(2,3)20(30)31-4)14-17(22-12)27(26-18(14)28)11-32-8-9-33(5,6)7/h10H,8-9,11H2,1-7H3,(H,26,28)(H,23,25,29). The summed E-state index contributed by atoms with van der Waals surface area (Å²) in [5, 5.41) is 11.1. The van der Waals surface area contributed by atoms with E-state index in [-0.39, 0.29) is 29.2 Å². The van der Waals surface area contributed by atoms with E-state index in [1.165, 1.54) is 21.0 Å². The molecular formula is C21H30N6O5Si. The first kappa shape index (κ1) is 24.5. The number of nitrogens with one attached hydrogen (secondary N) is 2. The minimum atomic E-state index is -1.29. The minimum absolute atomic E-state index is 0.0811. The first-order valence-corrected chi connectivity index (χ1v) is 14.3. The van der Waals surface area contributed by atoms with E-state index in [0.717, 1.165) is 6.04 Å². The predicted molar refractivity (Wildman–Crippen MR) is 126 cm³/mol. The molecule has 33 heavy (non-hydrogen) atoms. The molecule has 0 aliphatic heterocycles. The van der Waals surface area contributed by atoms with Crippen molar-refractivity contribution in [2.45, 2.75) is 58.6 Å². The van der Waals surface area contributed by atoms with Crippen molar-refractivity contribution in [1.82, 2.24) is 29.9 Å². The highest BCUT2D eigenvalue weighted by Crippen LogP contribution is 2.24. The Kier molecular flexibility index (Phi) is 6.70. The fraction of sp³-hybridized carbons (Fsp3) is 0.524. The summed E-state index contributed by atoms with van der Waals surface area (Å²) in [4.78, 5) is 44.7. The van der Waals surface area contributed by atoms with Crippen LogP contribution in [0.5, 0.6) is 0 Å². The monoisotopic (exact) mass is 474 g/mol. The van der Waals surface area contributed by atoms with Crippen molar-refractivity contribution in [3.05, 3.63) is 38.2 Å². The van der Waals surface area contributed by atoms with Crippen LogP contribution in [0.2, 0.25) is 25.7 Å². The molecule has 12 heteroatoms. The third-order valence-corrected chi connectivity index (χ3v) is 7.01. The van der Waals surface area contributed by atoms with E-state index in [0.29, 0.717) is 23.5 Å². The number of carbonyl (C=O) groups is 1. The summed E-state index contributed by atoms with van der Waals surface area (Å²) in [6.45, 7) is 12.4. The van der Waals surface area contributed by atoms with Crippen LogP contribution in [0.15, 0.2) is 15.7 Å². The molecule has 0 atom stereocenters. The number of hydrogen-bond donors (Lipinski definition) is 2. The highest BCUT2D eigenvalue weighted by Gasteiger charge is 2.36. The summed E-state index contributed by atoms with van der Waals surface area (Å²) in [5.41, 5.74) is -0.954. The Balaban J connectivity index is 2.02. The quantitative estimate of drug-likeness (QED) is 0.286. The van der Waals surface area contributed by atoms with Crippen LogP contribution in [-0.4, -0.2) is 57.7 Å². The Bertz CT molecular complexity index is 1300. The fourth-order valence-electron chi connectivity index (χ4n) is 3.34. The summed E-state index contributed by atoms with van der Waals surface area (Å²) < 4.78 is 12.1. The zero-order valence-electron chi connectivity index (χ0n) is 20.0. The molecule has 0 bridgehead atoms. The summed E-state index contributed by atoms with van der Waals surface area (Å²) in [7, 11) is -0.000549. The van der Waals surface area contributed by atoms with Gasteiger partial charge in [0, 0.05) is 25.9 Å². The van der Waals surface area contributed by atoms with Gasteiger partial charge in [-0.25, -0.2) is 9.67 Å². The van der Waals surface area contributed by atoms with Gasteiger partial charge < -0.3 is 14.5 Å². The van der Waals surface area contributed by atoms with Crippen molar-refractivity contribution in [3.8, 4) is 11.4 Å². The number of nitrogens with zero attached hydrogens (tertiary/aromatic N) is 4. The highest BCUT2D eigenvalue weighted by molar-refractivity contribution is 6.76. The number of aromatic amines is 2. The molecule has 0 fully saturated rings. The van der Waals surface area contributed by atoms with Crippen LogP contribution >= 0.6 is 0 Å². The molecule has 0 aliphatic carbocycles. The van der Waals surface area contributed by atoms with Gasteiger partial charge in [-0.1, -0.05) is 19.6 Å². The maximum Gasteiger partial charge on any atom is 0.317 e. The van der Waals surface area contributed by atoms with E-state index in [4.69, 9.17) is 9.47 Å². The van der Waals surface area contributed by atoms with Crippen LogP contribution in [0.25, 0.3) is 22.4 Å². The Labute approximate surface area is 191 Å². The number of aryl methyl sites for hydroxylation is 1. The van der Waals surface area contributed by atoms with Gasteiger partial charge in [0.05, 0.1) is 12.5 Å². The van der Waals surface area contributed by atoms with Gasteiger partial charge >= 0.3 is 5.97 Å². The molecule has 0 aromatic carbocycles. The van der Waals surface area contributed by atoms with Gasteiger partial charge in [-0.15, -0.1) is 10.2 Å². The molecule has 0 spiro atoms.